The van der Waals surface area contributed by atoms with Gasteiger partial charge in [-0.2, -0.15) is 18.9 Å². The van der Waals surface area contributed by atoms with Gasteiger partial charge in [0.15, 0.2) is 17.5 Å². The summed E-state index contributed by atoms with van der Waals surface area (Å²) in [5.41, 5.74) is 1.27. The van der Waals surface area contributed by atoms with Crippen molar-refractivity contribution in [3.63, 3.8) is 0 Å². The quantitative estimate of drug-likeness (QED) is 0.667. The highest BCUT2D eigenvalue weighted by Gasteiger charge is 2.18. The van der Waals surface area contributed by atoms with Crippen LogP contribution in [0.1, 0.15) is 12.8 Å². The van der Waals surface area contributed by atoms with Gasteiger partial charge in [-0.05, 0) is 36.6 Å². The minimum absolute atomic E-state index is 0.0127. The molecule has 0 atom stereocenters. The van der Waals surface area contributed by atoms with Crippen molar-refractivity contribution in [3.05, 3.63) is 48.5 Å². The molecule has 0 radical (unpaired) electrons. The third-order valence-electron chi connectivity index (χ3n) is 4.47. The predicted octanol–water partition coefficient (Wildman–Crippen LogP) is 4.02. The third kappa shape index (κ3) is 4.36. The fraction of sp³-hybridized carbons (Fsp3) is 0.263. The van der Waals surface area contributed by atoms with Crippen molar-refractivity contribution >= 4 is 17.6 Å². The van der Waals surface area contributed by atoms with Gasteiger partial charge in [-0.15, -0.1) is 5.10 Å². The van der Waals surface area contributed by atoms with E-state index < -0.39 is 12.4 Å². The topological polar surface area (TPSA) is 76.1 Å². The fourth-order valence-electron chi connectivity index (χ4n) is 3.10. The Hall–Kier alpha value is -3.43. The molecule has 1 fully saturated rings. The average Bonchev–Trinajstić information content (AvgIpc) is 3.25. The maximum Gasteiger partial charge on any atom is 0.387 e. The molecule has 10 heteroatoms. The Kier molecular flexibility index (Phi) is 5.41. The first-order valence-corrected chi connectivity index (χ1v) is 9.01. The van der Waals surface area contributed by atoms with Gasteiger partial charge in [0.1, 0.15) is 5.75 Å². The molecule has 1 aliphatic heterocycles. The lowest BCUT2D eigenvalue weighted by Crippen LogP contribution is -2.21. The number of aromatic nitrogens is 4. The van der Waals surface area contributed by atoms with Crippen LogP contribution in [0.2, 0.25) is 0 Å². The number of benzene rings is 1. The summed E-state index contributed by atoms with van der Waals surface area (Å²) in [6.07, 6.45) is 4.69. The summed E-state index contributed by atoms with van der Waals surface area (Å²) in [6.45, 7) is -1.24. The molecule has 1 aromatic carbocycles. The first kappa shape index (κ1) is 18.9. The second-order valence-corrected chi connectivity index (χ2v) is 6.38. The monoisotopic (exact) mass is 402 g/mol. The van der Waals surface area contributed by atoms with Crippen LogP contribution in [-0.2, 0) is 0 Å². The normalized spacial score (nSPS) is 13.7. The molecule has 29 heavy (non-hydrogen) atoms. The summed E-state index contributed by atoms with van der Waals surface area (Å²) in [7, 11) is 0. The smallest absolute Gasteiger partial charge is 0.387 e. The lowest BCUT2D eigenvalue weighted by atomic mass is 10.1. The zero-order valence-electron chi connectivity index (χ0n) is 15.2. The van der Waals surface area contributed by atoms with Gasteiger partial charge in [0.05, 0.1) is 12.4 Å². The van der Waals surface area contributed by atoms with Crippen LogP contribution in [0, 0.1) is 5.82 Å². The number of ether oxygens (including phenoxy) is 1. The lowest BCUT2D eigenvalue weighted by molar-refractivity contribution is -0.0498. The molecule has 0 bridgehead atoms. The van der Waals surface area contributed by atoms with E-state index in [1.165, 1.54) is 18.3 Å². The maximum absolute atomic E-state index is 14.3. The number of nitrogens with zero attached hydrogens (tertiary/aromatic N) is 5. The summed E-state index contributed by atoms with van der Waals surface area (Å²) in [4.78, 5) is 10.3. The van der Waals surface area contributed by atoms with Crippen LogP contribution >= 0.6 is 0 Å². The van der Waals surface area contributed by atoms with Gasteiger partial charge in [0, 0.05) is 18.7 Å². The first-order chi connectivity index (χ1) is 14.1. The molecule has 2 aromatic heterocycles. The van der Waals surface area contributed by atoms with Crippen molar-refractivity contribution in [1.82, 2.24) is 20.2 Å². The molecule has 0 aliphatic carbocycles. The SMILES string of the molecule is Fc1cnc(N2CCCC2)nc1Nc1nnccc1-c1ccc(OC(F)F)cc1. The van der Waals surface area contributed by atoms with Gasteiger partial charge < -0.3 is 15.0 Å². The Labute approximate surface area is 164 Å². The molecular formula is C19H17F3N6O. The van der Waals surface area contributed by atoms with E-state index in [0.717, 1.165) is 32.1 Å². The molecule has 1 aliphatic rings. The molecule has 4 rings (SSSR count). The van der Waals surface area contributed by atoms with E-state index in [2.05, 4.69) is 30.2 Å². The van der Waals surface area contributed by atoms with E-state index in [1.807, 2.05) is 4.90 Å². The largest absolute Gasteiger partial charge is 0.435 e. The summed E-state index contributed by atoms with van der Waals surface area (Å²) in [5, 5.41) is 10.7. The van der Waals surface area contributed by atoms with Crippen LogP contribution in [0.15, 0.2) is 42.7 Å². The van der Waals surface area contributed by atoms with Crippen molar-refractivity contribution < 1.29 is 17.9 Å². The van der Waals surface area contributed by atoms with Crippen LogP contribution < -0.4 is 15.0 Å². The number of nitrogens with one attached hydrogen (secondary N) is 1. The second-order valence-electron chi connectivity index (χ2n) is 6.38. The molecule has 1 N–H and O–H groups in total. The fourth-order valence-corrected chi connectivity index (χ4v) is 3.10. The van der Waals surface area contributed by atoms with Crippen LogP contribution in [-0.4, -0.2) is 39.9 Å². The van der Waals surface area contributed by atoms with E-state index in [9.17, 15) is 13.2 Å². The van der Waals surface area contributed by atoms with Gasteiger partial charge in [-0.1, -0.05) is 12.1 Å². The summed E-state index contributed by atoms with van der Waals surface area (Å²) in [6, 6.07) is 7.72. The molecule has 1 saturated heterocycles. The summed E-state index contributed by atoms with van der Waals surface area (Å²) >= 11 is 0. The van der Waals surface area contributed by atoms with Crippen molar-refractivity contribution in [1.29, 1.82) is 0 Å². The van der Waals surface area contributed by atoms with Crippen molar-refractivity contribution in [2.24, 2.45) is 0 Å². The molecule has 150 valence electrons. The molecule has 0 amide bonds. The number of hydrogen-bond donors (Lipinski definition) is 1. The lowest BCUT2D eigenvalue weighted by Gasteiger charge is -2.16. The minimum Gasteiger partial charge on any atom is -0.435 e. The van der Waals surface area contributed by atoms with E-state index >= 15 is 0 Å². The Balaban J connectivity index is 1.61. The number of anilines is 3. The highest BCUT2D eigenvalue weighted by molar-refractivity contribution is 5.77. The highest BCUT2D eigenvalue weighted by atomic mass is 19.3. The molecule has 0 spiro atoms. The number of halogens is 3. The van der Waals surface area contributed by atoms with Gasteiger partial charge in [-0.25, -0.2) is 9.37 Å². The van der Waals surface area contributed by atoms with Crippen LogP contribution in [0.4, 0.5) is 30.8 Å². The van der Waals surface area contributed by atoms with E-state index in [1.54, 1.807) is 18.2 Å². The van der Waals surface area contributed by atoms with E-state index in [4.69, 9.17) is 0 Å². The van der Waals surface area contributed by atoms with Crippen LogP contribution in [0.3, 0.4) is 0 Å². The molecule has 7 nitrogen and oxygen atoms in total. The van der Waals surface area contributed by atoms with E-state index in [-0.39, 0.29) is 17.4 Å². The molecule has 3 heterocycles. The molecule has 0 unspecified atom stereocenters. The third-order valence-corrected chi connectivity index (χ3v) is 4.47. The van der Waals surface area contributed by atoms with Gasteiger partial charge >= 0.3 is 6.61 Å². The predicted molar refractivity (Wildman–Crippen MR) is 101 cm³/mol. The van der Waals surface area contributed by atoms with Gasteiger partial charge in [-0.3, -0.25) is 0 Å². The summed E-state index contributed by atoms with van der Waals surface area (Å²) in [5.74, 6) is 0.134. The van der Waals surface area contributed by atoms with Crippen LogP contribution in [0.5, 0.6) is 5.75 Å². The zero-order valence-corrected chi connectivity index (χ0v) is 15.2. The molecular weight excluding hydrogens is 385 g/mol. The van der Waals surface area contributed by atoms with Crippen molar-refractivity contribution in [3.8, 4) is 16.9 Å². The Morgan fingerprint density at radius 3 is 2.52 bits per heavy atom. The van der Waals surface area contributed by atoms with Crippen molar-refractivity contribution in [2.45, 2.75) is 19.5 Å². The molecule has 3 aromatic rings. The average molecular weight is 402 g/mol. The van der Waals surface area contributed by atoms with E-state index in [0.29, 0.717) is 17.1 Å². The standard InChI is InChI=1S/C19H17F3N6O/c20-15-11-23-19(28-9-1-2-10-28)26-17(15)25-16-14(7-8-24-27-16)12-3-5-13(6-4-12)29-18(21)22/h3-8,11,18H,1-2,9-10H2,(H,23,25,26,27). The zero-order chi connectivity index (χ0) is 20.2. The second kappa shape index (κ2) is 8.29. The Morgan fingerprint density at radius 1 is 1.03 bits per heavy atom. The highest BCUT2D eigenvalue weighted by Crippen LogP contribution is 2.30. The van der Waals surface area contributed by atoms with Gasteiger partial charge in [0.2, 0.25) is 5.95 Å². The van der Waals surface area contributed by atoms with Gasteiger partial charge in [0.25, 0.3) is 0 Å². The first-order valence-electron chi connectivity index (χ1n) is 9.01. The summed E-state index contributed by atoms with van der Waals surface area (Å²) < 4.78 is 43.3. The number of rotatable bonds is 6. The van der Waals surface area contributed by atoms with Crippen molar-refractivity contribution in [2.75, 3.05) is 23.3 Å². The number of hydrogen-bond acceptors (Lipinski definition) is 7. The Morgan fingerprint density at radius 2 is 1.79 bits per heavy atom. The maximum atomic E-state index is 14.3. The minimum atomic E-state index is -2.90. The number of alkyl halides is 2. The Bertz CT molecular complexity index is 980. The van der Waals surface area contributed by atoms with Crippen LogP contribution in [0.25, 0.3) is 11.1 Å². The molecule has 0 saturated carbocycles.